The van der Waals surface area contributed by atoms with Gasteiger partial charge in [0.25, 0.3) is 5.91 Å². The SMILES string of the molecule is N=C(N)C1CCC2N(Cc3cccc4ccccc34)C(C(=O)NC3CCC(N)CC3)NC2(C2CCCCCCC2)C1. The lowest BCUT2D eigenvalue weighted by Crippen LogP contribution is -2.60. The second-order valence-corrected chi connectivity index (χ2v) is 13.5. The molecule has 3 aliphatic carbocycles. The highest BCUT2D eigenvalue weighted by molar-refractivity contribution is 5.86. The van der Waals surface area contributed by atoms with Crippen LogP contribution >= 0.6 is 0 Å². The third kappa shape index (κ3) is 5.91. The van der Waals surface area contributed by atoms with Crippen LogP contribution in [-0.2, 0) is 11.3 Å². The van der Waals surface area contributed by atoms with Gasteiger partial charge in [0.05, 0.1) is 5.84 Å². The van der Waals surface area contributed by atoms with Gasteiger partial charge in [-0.15, -0.1) is 0 Å². The van der Waals surface area contributed by atoms with E-state index in [4.69, 9.17) is 16.9 Å². The molecule has 7 nitrogen and oxygen atoms in total. The van der Waals surface area contributed by atoms with E-state index in [0.29, 0.717) is 11.8 Å². The summed E-state index contributed by atoms with van der Waals surface area (Å²) in [5.41, 5.74) is 13.4. The molecule has 4 unspecified atom stereocenters. The number of benzene rings is 2. The van der Waals surface area contributed by atoms with Crippen LogP contribution in [0.4, 0.5) is 0 Å². The van der Waals surface area contributed by atoms with E-state index in [-0.39, 0.29) is 35.5 Å². The minimum absolute atomic E-state index is 0.0743. The smallest absolute Gasteiger partial charge is 0.252 e. The first kappa shape index (κ1) is 28.6. The standard InChI is InChI=1S/C34H50N6O/c35-27-16-18-28(19-17-27)38-33(41)32-39-34(26-12-4-2-1-3-5-13-26)21-24(31(36)37)15-20-30(34)40(32)22-25-11-8-10-23-9-6-7-14-29(23)25/h6-11,14,24,26-28,30,32,39H,1-5,12-13,15-22,35H2,(H3,36,37)(H,38,41). The van der Waals surface area contributed by atoms with Crippen molar-refractivity contribution in [3.8, 4) is 0 Å². The van der Waals surface area contributed by atoms with Gasteiger partial charge in [-0.25, -0.2) is 0 Å². The number of amides is 1. The van der Waals surface area contributed by atoms with Crippen LogP contribution in [0.15, 0.2) is 42.5 Å². The van der Waals surface area contributed by atoms with Crippen molar-refractivity contribution in [3.05, 3.63) is 48.0 Å². The van der Waals surface area contributed by atoms with Crippen LogP contribution in [-0.4, -0.2) is 46.5 Å². The first-order valence-corrected chi connectivity index (χ1v) is 16.3. The average Bonchev–Trinajstić information content (AvgIpc) is 3.28. The van der Waals surface area contributed by atoms with Crippen LogP contribution in [0.5, 0.6) is 0 Å². The van der Waals surface area contributed by atoms with Crippen molar-refractivity contribution in [2.45, 2.75) is 126 Å². The Balaban J connectivity index is 1.37. The molecule has 0 spiro atoms. The molecular formula is C34H50N6O. The Morgan fingerprint density at radius 3 is 2.39 bits per heavy atom. The molecule has 1 aliphatic heterocycles. The van der Waals surface area contributed by atoms with E-state index < -0.39 is 6.17 Å². The van der Waals surface area contributed by atoms with Gasteiger partial charge in [0, 0.05) is 36.1 Å². The molecule has 4 fully saturated rings. The summed E-state index contributed by atoms with van der Waals surface area (Å²) in [6.45, 7) is 0.728. The highest BCUT2D eigenvalue weighted by atomic mass is 16.2. The summed E-state index contributed by atoms with van der Waals surface area (Å²) >= 11 is 0. The second-order valence-electron chi connectivity index (χ2n) is 13.5. The van der Waals surface area contributed by atoms with Gasteiger partial charge in [0.1, 0.15) is 6.17 Å². The zero-order valence-electron chi connectivity index (χ0n) is 24.6. The molecule has 6 rings (SSSR count). The minimum atomic E-state index is -0.397. The van der Waals surface area contributed by atoms with E-state index in [1.54, 1.807) is 0 Å². The van der Waals surface area contributed by atoms with Gasteiger partial charge in [-0.1, -0.05) is 74.6 Å². The van der Waals surface area contributed by atoms with Crippen LogP contribution in [0.25, 0.3) is 10.8 Å². The Bertz CT molecular complexity index is 1210. The number of carbonyl (C=O) groups excluding carboxylic acids is 1. The zero-order chi connectivity index (χ0) is 28.4. The highest BCUT2D eigenvalue weighted by Crippen LogP contribution is 2.49. The van der Waals surface area contributed by atoms with Crippen LogP contribution in [0.2, 0.25) is 0 Å². The van der Waals surface area contributed by atoms with Crippen molar-refractivity contribution in [2.75, 3.05) is 0 Å². The first-order chi connectivity index (χ1) is 19.9. The fourth-order valence-electron chi connectivity index (χ4n) is 8.78. The average molecular weight is 559 g/mol. The molecule has 2 aromatic rings. The third-order valence-electron chi connectivity index (χ3n) is 11.0. The molecule has 7 heteroatoms. The number of amidine groups is 1. The van der Waals surface area contributed by atoms with Crippen molar-refractivity contribution < 1.29 is 4.79 Å². The molecule has 2 aromatic carbocycles. The van der Waals surface area contributed by atoms with Crippen molar-refractivity contribution in [1.82, 2.24) is 15.5 Å². The van der Waals surface area contributed by atoms with E-state index in [1.807, 2.05) is 0 Å². The maximum atomic E-state index is 14.3. The van der Waals surface area contributed by atoms with Gasteiger partial charge in [0.15, 0.2) is 0 Å². The number of hydrogen-bond acceptors (Lipinski definition) is 5. The fraction of sp³-hybridized carbons (Fsp3) is 0.647. The lowest BCUT2D eigenvalue weighted by atomic mass is 9.63. The summed E-state index contributed by atoms with van der Waals surface area (Å²) in [4.78, 5) is 16.8. The van der Waals surface area contributed by atoms with Gasteiger partial charge in [-0.2, -0.15) is 0 Å². The summed E-state index contributed by atoms with van der Waals surface area (Å²) < 4.78 is 0. The highest BCUT2D eigenvalue weighted by Gasteiger charge is 2.59. The lowest BCUT2D eigenvalue weighted by molar-refractivity contribution is -0.127. The van der Waals surface area contributed by atoms with Gasteiger partial charge < -0.3 is 16.8 Å². The number of carbonyl (C=O) groups is 1. The summed E-state index contributed by atoms with van der Waals surface area (Å²) in [5, 5.41) is 18.4. The molecule has 1 saturated heterocycles. The molecule has 4 aliphatic rings. The predicted octanol–water partition coefficient (Wildman–Crippen LogP) is 5.16. The zero-order valence-corrected chi connectivity index (χ0v) is 24.6. The van der Waals surface area contributed by atoms with Gasteiger partial charge in [0.2, 0.25) is 0 Å². The molecule has 0 bridgehead atoms. The van der Waals surface area contributed by atoms with E-state index in [0.717, 1.165) is 51.5 Å². The molecule has 0 radical (unpaired) electrons. The normalized spacial score (nSPS) is 33.5. The summed E-state index contributed by atoms with van der Waals surface area (Å²) in [7, 11) is 0. The van der Waals surface area contributed by atoms with E-state index >= 15 is 0 Å². The molecule has 1 amide bonds. The van der Waals surface area contributed by atoms with Gasteiger partial charge in [-0.05, 0) is 80.0 Å². The van der Waals surface area contributed by atoms with E-state index in [9.17, 15) is 4.79 Å². The maximum Gasteiger partial charge on any atom is 0.252 e. The molecule has 7 N–H and O–H groups in total. The van der Waals surface area contributed by atoms with Crippen molar-refractivity contribution in [1.29, 1.82) is 5.41 Å². The number of fused-ring (bicyclic) bond motifs is 2. The molecule has 1 heterocycles. The van der Waals surface area contributed by atoms with Crippen LogP contribution in [0.3, 0.4) is 0 Å². The van der Waals surface area contributed by atoms with Crippen LogP contribution < -0.4 is 22.1 Å². The minimum Gasteiger partial charge on any atom is -0.387 e. The monoisotopic (exact) mass is 558 g/mol. The summed E-state index contributed by atoms with van der Waals surface area (Å²) in [5.74, 6) is 0.966. The Hall–Kier alpha value is -2.48. The molecule has 41 heavy (non-hydrogen) atoms. The molecule has 3 saturated carbocycles. The summed E-state index contributed by atoms with van der Waals surface area (Å²) in [6.07, 6.45) is 14.9. The van der Waals surface area contributed by atoms with Crippen LogP contribution in [0, 0.1) is 17.2 Å². The van der Waals surface area contributed by atoms with Crippen LogP contribution in [0.1, 0.15) is 95.5 Å². The fourth-order valence-corrected chi connectivity index (χ4v) is 8.78. The predicted molar refractivity (Wildman–Crippen MR) is 166 cm³/mol. The van der Waals surface area contributed by atoms with Crippen molar-refractivity contribution in [2.24, 2.45) is 23.3 Å². The molecule has 4 atom stereocenters. The topological polar surface area (TPSA) is 120 Å². The number of nitrogens with zero attached hydrogens (tertiary/aromatic N) is 1. The molecule has 0 aromatic heterocycles. The largest absolute Gasteiger partial charge is 0.387 e. The van der Waals surface area contributed by atoms with E-state index in [1.165, 1.54) is 61.3 Å². The Morgan fingerprint density at radius 2 is 1.63 bits per heavy atom. The third-order valence-corrected chi connectivity index (χ3v) is 11.0. The van der Waals surface area contributed by atoms with Gasteiger partial charge in [-0.3, -0.25) is 20.4 Å². The Kier molecular flexibility index (Phi) is 8.66. The van der Waals surface area contributed by atoms with Gasteiger partial charge >= 0.3 is 0 Å². The Labute approximate surface area is 245 Å². The molecule has 222 valence electrons. The Morgan fingerprint density at radius 1 is 0.927 bits per heavy atom. The quantitative estimate of drug-likeness (QED) is 0.248. The lowest BCUT2D eigenvalue weighted by Gasteiger charge is -2.49. The van der Waals surface area contributed by atoms with Crippen molar-refractivity contribution in [3.63, 3.8) is 0 Å². The van der Waals surface area contributed by atoms with Crippen molar-refractivity contribution >= 4 is 22.5 Å². The second kappa shape index (κ2) is 12.4. The number of nitrogens with two attached hydrogens (primary N) is 2. The number of rotatable bonds is 6. The maximum absolute atomic E-state index is 14.3. The summed E-state index contributed by atoms with van der Waals surface area (Å²) in [6, 6.07) is 15.8. The first-order valence-electron chi connectivity index (χ1n) is 16.3. The number of hydrogen-bond donors (Lipinski definition) is 5. The molecular weight excluding hydrogens is 508 g/mol. The number of nitrogens with one attached hydrogen (secondary N) is 3. The van der Waals surface area contributed by atoms with E-state index in [2.05, 4.69) is 58.0 Å².